The van der Waals surface area contributed by atoms with Gasteiger partial charge in [-0.1, -0.05) is 0 Å². The average molecular weight is 246 g/mol. The molecule has 0 N–H and O–H groups in total. The van der Waals surface area contributed by atoms with E-state index < -0.39 is 8.80 Å². The summed E-state index contributed by atoms with van der Waals surface area (Å²) in [4.78, 5) is 0. The van der Waals surface area contributed by atoms with Gasteiger partial charge in [-0.05, 0) is 31.6 Å². The molecule has 1 heterocycles. The van der Waals surface area contributed by atoms with Crippen molar-refractivity contribution in [2.24, 2.45) is 5.92 Å². The smallest absolute Gasteiger partial charge is 0.377 e. The maximum atomic E-state index is 5.54. The van der Waals surface area contributed by atoms with Gasteiger partial charge in [0.15, 0.2) is 0 Å². The molecule has 1 aliphatic heterocycles. The molecule has 1 saturated heterocycles. The molecule has 0 radical (unpaired) electrons. The van der Waals surface area contributed by atoms with Crippen LogP contribution in [0.5, 0.6) is 0 Å². The molecule has 0 aromatic rings. The number of epoxide rings is 1. The van der Waals surface area contributed by atoms with Gasteiger partial charge in [-0.2, -0.15) is 0 Å². The van der Waals surface area contributed by atoms with Gasteiger partial charge in [-0.15, -0.1) is 0 Å². The lowest BCUT2D eigenvalue weighted by Crippen LogP contribution is -2.43. The zero-order valence-electron chi connectivity index (χ0n) is 10.4. The average Bonchev–Trinajstić information content (AvgIpc) is 3.10. The first-order valence-corrected chi connectivity index (χ1v) is 7.97. The van der Waals surface area contributed by atoms with Gasteiger partial charge in [0.1, 0.15) is 0 Å². The van der Waals surface area contributed by atoms with Crippen molar-refractivity contribution in [3.05, 3.63) is 0 Å². The molecule has 1 saturated carbocycles. The van der Waals surface area contributed by atoms with E-state index in [0.29, 0.717) is 12.2 Å². The Morgan fingerprint density at radius 2 is 1.75 bits per heavy atom. The first kappa shape index (κ1) is 12.5. The van der Waals surface area contributed by atoms with Crippen LogP contribution in [0.25, 0.3) is 0 Å². The zero-order valence-corrected chi connectivity index (χ0v) is 11.4. The van der Waals surface area contributed by atoms with E-state index >= 15 is 0 Å². The van der Waals surface area contributed by atoms with Crippen LogP contribution in [-0.2, 0) is 18.0 Å². The van der Waals surface area contributed by atoms with E-state index in [1.165, 1.54) is 19.3 Å². The van der Waals surface area contributed by atoms with Crippen molar-refractivity contribution >= 4 is 8.80 Å². The monoisotopic (exact) mass is 246 g/mol. The lowest BCUT2D eigenvalue weighted by molar-refractivity contribution is 0.120. The highest BCUT2D eigenvalue weighted by atomic mass is 28.4. The summed E-state index contributed by atoms with van der Waals surface area (Å²) in [5.74, 6) is 0.760. The third-order valence-corrected chi connectivity index (χ3v) is 6.67. The number of hydrogen-bond acceptors (Lipinski definition) is 4. The molecule has 0 amide bonds. The highest BCUT2D eigenvalue weighted by molar-refractivity contribution is 6.60. The molecule has 3 atom stereocenters. The fraction of sp³-hybridized carbons (Fsp3) is 1.00. The van der Waals surface area contributed by atoms with Crippen molar-refractivity contribution < 1.29 is 18.0 Å². The lowest BCUT2D eigenvalue weighted by atomic mass is 9.88. The van der Waals surface area contributed by atoms with Gasteiger partial charge < -0.3 is 18.0 Å². The summed E-state index contributed by atoms with van der Waals surface area (Å²) in [6.45, 7) is 0. The first-order chi connectivity index (χ1) is 7.73. The second-order valence-corrected chi connectivity index (χ2v) is 7.82. The Bertz CT molecular complexity index is 224. The number of ether oxygens (including phenoxy) is 1. The van der Waals surface area contributed by atoms with Crippen molar-refractivity contribution in [2.45, 2.75) is 43.9 Å². The Hall–Kier alpha value is 0.0569. The Labute approximate surface area is 98.6 Å². The maximum Gasteiger partial charge on any atom is 0.500 e. The van der Waals surface area contributed by atoms with Gasteiger partial charge in [0.2, 0.25) is 0 Å². The number of rotatable bonds is 6. The molecule has 0 bridgehead atoms. The number of hydrogen-bond donors (Lipinski definition) is 0. The summed E-state index contributed by atoms with van der Waals surface area (Å²) in [5, 5.41) is 0. The van der Waals surface area contributed by atoms with Crippen LogP contribution in [0, 0.1) is 5.92 Å². The van der Waals surface area contributed by atoms with Crippen LogP contribution in [0.2, 0.25) is 6.04 Å². The van der Waals surface area contributed by atoms with E-state index in [0.717, 1.165) is 18.4 Å². The van der Waals surface area contributed by atoms with Crippen molar-refractivity contribution in [2.75, 3.05) is 21.3 Å². The quantitative estimate of drug-likeness (QED) is 0.529. The molecule has 16 heavy (non-hydrogen) atoms. The highest BCUT2D eigenvalue weighted by Gasteiger charge is 2.45. The minimum Gasteiger partial charge on any atom is -0.377 e. The van der Waals surface area contributed by atoms with Crippen LogP contribution in [0.4, 0.5) is 0 Å². The van der Waals surface area contributed by atoms with Crippen LogP contribution < -0.4 is 0 Å². The van der Waals surface area contributed by atoms with Gasteiger partial charge in [-0.3, -0.25) is 0 Å². The normalized spacial score (nSPS) is 33.6. The van der Waals surface area contributed by atoms with Crippen molar-refractivity contribution in [3.63, 3.8) is 0 Å². The van der Waals surface area contributed by atoms with E-state index in [-0.39, 0.29) is 0 Å². The standard InChI is InChI=1S/C11H22O4Si/c1-12-16(13-2,14-3)7-6-9-4-5-10-11(8-9)15-10/h9-11H,4-8H2,1-3H3/t9-,10+,11+/m0/s1. The molecule has 4 nitrogen and oxygen atoms in total. The van der Waals surface area contributed by atoms with Gasteiger partial charge >= 0.3 is 8.80 Å². The molecular formula is C11H22O4Si. The third kappa shape index (κ3) is 2.65. The molecule has 0 unspecified atom stereocenters. The fourth-order valence-electron chi connectivity index (χ4n) is 2.69. The summed E-state index contributed by atoms with van der Waals surface area (Å²) in [7, 11) is 2.69. The van der Waals surface area contributed by atoms with Crippen molar-refractivity contribution in [1.29, 1.82) is 0 Å². The molecular weight excluding hydrogens is 224 g/mol. The second-order valence-electron chi connectivity index (χ2n) is 4.73. The van der Waals surface area contributed by atoms with E-state index in [2.05, 4.69) is 0 Å². The molecule has 2 rings (SSSR count). The molecule has 94 valence electrons. The van der Waals surface area contributed by atoms with Crippen LogP contribution >= 0.6 is 0 Å². The van der Waals surface area contributed by atoms with Crippen molar-refractivity contribution in [3.8, 4) is 0 Å². The molecule has 5 heteroatoms. The van der Waals surface area contributed by atoms with Gasteiger partial charge in [0.25, 0.3) is 0 Å². The van der Waals surface area contributed by atoms with E-state index in [1.807, 2.05) is 0 Å². The summed E-state index contributed by atoms with van der Waals surface area (Å²) >= 11 is 0. The summed E-state index contributed by atoms with van der Waals surface area (Å²) in [6.07, 6.45) is 6.01. The van der Waals surface area contributed by atoms with Crippen molar-refractivity contribution in [1.82, 2.24) is 0 Å². The number of fused-ring (bicyclic) bond motifs is 1. The predicted molar refractivity (Wildman–Crippen MR) is 62.2 cm³/mol. The third-order valence-electron chi connectivity index (χ3n) is 3.90. The zero-order chi connectivity index (χ0) is 11.6. The fourth-order valence-corrected chi connectivity index (χ4v) is 4.56. The maximum absolute atomic E-state index is 5.54. The molecule has 2 aliphatic rings. The van der Waals surface area contributed by atoms with Gasteiger partial charge in [0.05, 0.1) is 12.2 Å². The Morgan fingerprint density at radius 1 is 1.06 bits per heavy atom. The predicted octanol–water partition coefficient (Wildman–Crippen LogP) is 1.82. The highest BCUT2D eigenvalue weighted by Crippen LogP contribution is 2.41. The Morgan fingerprint density at radius 3 is 2.31 bits per heavy atom. The van der Waals surface area contributed by atoms with Gasteiger partial charge in [-0.25, -0.2) is 0 Å². The minimum absolute atomic E-state index is 0.558. The summed E-state index contributed by atoms with van der Waals surface area (Å²) in [6, 6.07) is 0.915. The van der Waals surface area contributed by atoms with E-state index in [9.17, 15) is 0 Å². The summed E-state index contributed by atoms with van der Waals surface area (Å²) < 4.78 is 21.8. The molecule has 1 aliphatic carbocycles. The largest absolute Gasteiger partial charge is 0.500 e. The van der Waals surface area contributed by atoms with E-state index in [4.69, 9.17) is 18.0 Å². The van der Waals surface area contributed by atoms with Crippen LogP contribution in [0.15, 0.2) is 0 Å². The van der Waals surface area contributed by atoms with Crippen LogP contribution in [-0.4, -0.2) is 42.3 Å². The molecule has 0 spiro atoms. The minimum atomic E-state index is -2.35. The topological polar surface area (TPSA) is 40.2 Å². The summed E-state index contributed by atoms with van der Waals surface area (Å²) in [5.41, 5.74) is 0. The molecule has 0 aromatic heterocycles. The first-order valence-electron chi connectivity index (χ1n) is 6.04. The van der Waals surface area contributed by atoms with Gasteiger partial charge in [0, 0.05) is 27.4 Å². The second kappa shape index (κ2) is 5.14. The van der Waals surface area contributed by atoms with E-state index in [1.54, 1.807) is 21.3 Å². The lowest BCUT2D eigenvalue weighted by Gasteiger charge is -2.27. The Kier molecular flexibility index (Phi) is 4.02. The SMILES string of the molecule is CO[Si](CC[C@@H]1CC[C@H]2O[C@@H]2C1)(OC)OC. The molecule has 2 fully saturated rings. The van der Waals surface area contributed by atoms with Crippen LogP contribution in [0.1, 0.15) is 25.7 Å². The van der Waals surface area contributed by atoms with Crippen LogP contribution in [0.3, 0.4) is 0 Å². The Balaban J connectivity index is 1.76. The molecule has 0 aromatic carbocycles.